The lowest BCUT2D eigenvalue weighted by molar-refractivity contribution is -0.136. The number of piperidine rings is 1. The minimum absolute atomic E-state index is 0.00103. The van der Waals surface area contributed by atoms with Gasteiger partial charge in [0.05, 0.1) is 29.4 Å². The van der Waals surface area contributed by atoms with Crippen molar-refractivity contribution in [3.05, 3.63) is 88.6 Å². The molecular formula is C49H58F2N10O7. The molecule has 3 N–H and O–H groups in total. The molecule has 1 atom stereocenters. The molecule has 68 heavy (non-hydrogen) atoms. The second-order valence-corrected chi connectivity index (χ2v) is 18.3. The van der Waals surface area contributed by atoms with Gasteiger partial charge in [0.2, 0.25) is 23.6 Å². The first-order valence-electron chi connectivity index (χ1n) is 23.9. The van der Waals surface area contributed by atoms with Crippen LogP contribution in [-0.4, -0.2) is 112 Å². The maximum absolute atomic E-state index is 15.0. The maximum Gasteiger partial charge on any atom is 0.265 e. The number of aromatic nitrogens is 2. The van der Waals surface area contributed by atoms with Crippen LogP contribution in [-0.2, 0) is 43.3 Å². The van der Waals surface area contributed by atoms with Gasteiger partial charge in [0.1, 0.15) is 12.6 Å². The molecule has 6 aliphatic rings. The van der Waals surface area contributed by atoms with Crippen molar-refractivity contribution in [2.45, 2.75) is 109 Å². The van der Waals surface area contributed by atoms with E-state index in [1.807, 2.05) is 11.0 Å². The zero-order valence-electron chi connectivity index (χ0n) is 38.3. The SMILES string of the molecule is CC(=O)N1CCc2c(c(N3CCCc4cc(N5C=CN(CC(=O)NCCCCCCCNc6ccc7c(c6)C(=O)N(C6CCC(=O)NC6=O)C7=O)C=C5)c(C(F)F)cc43)nn2C2CCOCC2)C1. The van der Waals surface area contributed by atoms with Gasteiger partial charge in [-0.2, -0.15) is 5.10 Å². The first-order chi connectivity index (χ1) is 32.9. The van der Waals surface area contributed by atoms with Crippen molar-refractivity contribution < 1.29 is 42.3 Å². The molecule has 0 spiro atoms. The average molecular weight is 937 g/mol. The quantitative estimate of drug-likeness (QED) is 0.116. The number of nitrogens with zero attached hydrogens (tertiary/aromatic N) is 7. The number of halogens is 2. The normalized spacial score (nSPS) is 19.4. The van der Waals surface area contributed by atoms with Gasteiger partial charge in [0.25, 0.3) is 18.2 Å². The second-order valence-electron chi connectivity index (χ2n) is 18.3. The summed E-state index contributed by atoms with van der Waals surface area (Å²) in [6.45, 7) is 5.84. The van der Waals surface area contributed by atoms with Crippen LogP contribution in [0.5, 0.6) is 0 Å². The van der Waals surface area contributed by atoms with Gasteiger partial charge in [-0.3, -0.25) is 43.7 Å². The topological polar surface area (TPSA) is 182 Å². The molecule has 0 aliphatic carbocycles. The number of imide groups is 2. The fraction of sp³-hybridized carbons (Fsp3) is 0.490. The summed E-state index contributed by atoms with van der Waals surface area (Å²) in [6, 6.07) is 7.59. The van der Waals surface area contributed by atoms with E-state index in [1.165, 1.54) is 0 Å². The predicted molar refractivity (Wildman–Crippen MR) is 248 cm³/mol. The highest BCUT2D eigenvalue weighted by Crippen LogP contribution is 2.44. The summed E-state index contributed by atoms with van der Waals surface area (Å²) in [6.07, 6.45) is 12.7. The van der Waals surface area contributed by atoms with Crippen LogP contribution in [0.1, 0.15) is 127 Å². The fourth-order valence-electron chi connectivity index (χ4n) is 10.1. The molecule has 1 unspecified atom stereocenters. The Morgan fingerprint density at radius 2 is 1.60 bits per heavy atom. The Balaban J connectivity index is 0.726. The lowest BCUT2D eigenvalue weighted by Gasteiger charge is -2.34. The van der Waals surface area contributed by atoms with Crippen molar-refractivity contribution in [2.24, 2.45) is 0 Å². The number of anilines is 4. The van der Waals surface area contributed by atoms with E-state index in [-0.39, 0.29) is 53.9 Å². The molecule has 2 fully saturated rings. The molecule has 0 saturated carbocycles. The number of unbranched alkanes of at least 4 members (excludes halogenated alkanes) is 4. The first-order valence-corrected chi connectivity index (χ1v) is 23.9. The summed E-state index contributed by atoms with van der Waals surface area (Å²) in [5.74, 6) is -1.55. The molecule has 2 saturated heterocycles. The minimum Gasteiger partial charge on any atom is -0.385 e. The van der Waals surface area contributed by atoms with Crippen molar-refractivity contribution in [3.63, 3.8) is 0 Å². The number of nitrogens with one attached hydrogen (secondary N) is 3. The third kappa shape index (κ3) is 9.70. The molecule has 360 valence electrons. The second kappa shape index (κ2) is 20.3. The molecule has 9 rings (SSSR count). The number of carbonyl (C=O) groups excluding carboxylic acids is 6. The molecule has 0 radical (unpaired) electrons. The number of carbonyl (C=O) groups is 6. The molecule has 6 amide bonds. The third-order valence-electron chi connectivity index (χ3n) is 13.8. The van der Waals surface area contributed by atoms with Crippen LogP contribution in [0.2, 0.25) is 0 Å². The Labute approximate surface area is 393 Å². The lowest BCUT2D eigenvalue weighted by atomic mass is 9.96. The van der Waals surface area contributed by atoms with E-state index >= 15 is 0 Å². The predicted octanol–water partition coefficient (Wildman–Crippen LogP) is 5.81. The monoisotopic (exact) mass is 936 g/mol. The van der Waals surface area contributed by atoms with Crippen LogP contribution in [0.15, 0.2) is 55.1 Å². The van der Waals surface area contributed by atoms with Crippen molar-refractivity contribution in [3.8, 4) is 0 Å². The molecule has 2 aromatic carbocycles. The minimum atomic E-state index is -2.75. The van der Waals surface area contributed by atoms with E-state index in [1.54, 1.807) is 65.8 Å². The highest BCUT2D eigenvalue weighted by molar-refractivity contribution is 6.23. The van der Waals surface area contributed by atoms with Gasteiger partial charge in [0.15, 0.2) is 5.82 Å². The van der Waals surface area contributed by atoms with Crippen LogP contribution in [0, 0.1) is 0 Å². The van der Waals surface area contributed by atoms with E-state index in [9.17, 15) is 37.5 Å². The van der Waals surface area contributed by atoms with Crippen molar-refractivity contribution >= 4 is 58.3 Å². The summed E-state index contributed by atoms with van der Waals surface area (Å²) in [5.41, 5.74) is 5.20. The fourth-order valence-corrected chi connectivity index (χ4v) is 10.1. The zero-order valence-corrected chi connectivity index (χ0v) is 38.3. The number of alkyl halides is 2. The Morgan fingerprint density at radius 3 is 2.35 bits per heavy atom. The van der Waals surface area contributed by atoms with Gasteiger partial charge in [0, 0.05) is 112 Å². The van der Waals surface area contributed by atoms with Gasteiger partial charge in [-0.25, -0.2) is 8.78 Å². The summed E-state index contributed by atoms with van der Waals surface area (Å²) >= 11 is 0. The summed E-state index contributed by atoms with van der Waals surface area (Å²) in [7, 11) is 0. The third-order valence-corrected chi connectivity index (χ3v) is 13.8. The number of ether oxygens (including phenoxy) is 1. The molecule has 0 bridgehead atoms. The smallest absolute Gasteiger partial charge is 0.265 e. The van der Waals surface area contributed by atoms with Gasteiger partial charge in [-0.05, 0) is 80.8 Å². The standard InChI is InChI=1S/C49H58F2N10O7/c1-31(62)58-19-13-39-38(29-58)46(55-61(39)34-14-24-68-25-15-34)59-18-7-8-32-26-42(37(45(50)51)28-41(32)59)57-22-20-56(21-23-57)30-44(64)53-17-6-4-2-3-5-16-52-33-9-10-35-36(27-33)49(67)60(48(35)66)40-11-12-43(63)54-47(40)65/h9-10,20-23,26-28,34,40,45,52H,2-8,11-19,24-25,29-30H2,1H3,(H,53,64)(H,54,63,65). The molecular weight excluding hydrogens is 879 g/mol. The Morgan fingerprint density at radius 1 is 0.853 bits per heavy atom. The molecule has 1 aromatic heterocycles. The number of amides is 6. The van der Waals surface area contributed by atoms with Crippen molar-refractivity contribution in [1.82, 2.24) is 35.1 Å². The van der Waals surface area contributed by atoms with Crippen LogP contribution >= 0.6 is 0 Å². The number of rotatable bonds is 16. The Bertz CT molecular complexity index is 2520. The number of fused-ring (bicyclic) bond motifs is 3. The van der Waals surface area contributed by atoms with Gasteiger partial charge < -0.3 is 35.0 Å². The highest BCUT2D eigenvalue weighted by Gasteiger charge is 2.45. The lowest BCUT2D eigenvalue weighted by Crippen LogP contribution is -2.54. The van der Waals surface area contributed by atoms with Crippen molar-refractivity contribution in [1.29, 1.82) is 0 Å². The molecule has 7 heterocycles. The highest BCUT2D eigenvalue weighted by atomic mass is 19.3. The maximum atomic E-state index is 15.0. The Kier molecular flexibility index (Phi) is 13.9. The molecule has 19 heteroatoms. The molecule has 3 aromatic rings. The number of benzene rings is 2. The first kappa shape index (κ1) is 46.5. The Hall–Kier alpha value is -6.63. The number of hydrogen-bond acceptors (Lipinski definition) is 12. The summed E-state index contributed by atoms with van der Waals surface area (Å²) in [5, 5.41) is 13.7. The largest absolute Gasteiger partial charge is 0.385 e. The van der Waals surface area contributed by atoms with Crippen molar-refractivity contribution in [2.75, 3.05) is 61.1 Å². The summed E-state index contributed by atoms with van der Waals surface area (Å²) in [4.78, 5) is 83.6. The van der Waals surface area contributed by atoms with Gasteiger partial charge >= 0.3 is 0 Å². The van der Waals surface area contributed by atoms with Gasteiger partial charge in [-0.1, -0.05) is 19.3 Å². The average Bonchev–Trinajstić information content (AvgIpc) is 3.83. The van der Waals surface area contributed by atoms with Gasteiger partial charge in [-0.15, -0.1) is 0 Å². The zero-order chi connectivity index (χ0) is 47.5. The van der Waals surface area contributed by atoms with E-state index in [0.29, 0.717) is 69.4 Å². The molecule has 6 aliphatic heterocycles. The van der Waals surface area contributed by atoms with Crippen LogP contribution in [0.25, 0.3) is 0 Å². The number of hydrogen-bond donors (Lipinski definition) is 3. The molecule has 17 nitrogen and oxygen atoms in total. The number of aryl methyl sites for hydroxylation is 1. The van der Waals surface area contributed by atoms with Crippen LogP contribution < -0.4 is 25.8 Å². The van der Waals surface area contributed by atoms with E-state index in [0.717, 1.165) is 85.3 Å². The summed E-state index contributed by atoms with van der Waals surface area (Å²) < 4.78 is 37.7. The van der Waals surface area contributed by atoms with Crippen LogP contribution in [0.4, 0.5) is 31.7 Å². The van der Waals surface area contributed by atoms with E-state index in [2.05, 4.69) is 25.5 Å². The van der Waals surface area contributed by atoms with Crippen LogP contribution in [0.3, 0.4) is 0 Å². The van der Waals surface area contributed by atoms with E-state index in [4.69, 9.17) is 9.84 Å². The van der Waals surface area contributed by atoms with E-state index < -0.39 is 36.1 Å².